The monoisotopic (exact) mass is 388 g/mol. The van der Waals surface area contributed by atoms with Crippen molar-refractivity contribution in [2.75, 3.05) is 0 Å². The molecule has 0 atom stereocenters. The molecule has 0 fully saturated rings. The van der Waals surface area contributed by atoms with Crippen molar-refractivity contribution in [2.45, 2.75) is 13.5 Å². The lowest BCUT2D eigenvalue weighted by Crippen LogP contribution is -2.22. The second-order valence-electron chi connectivity index (χ2n) is 5.45. The van der Waals surface area contributed by atoms with Gasteiger partial charge in [-0.3, -0.25) is 9.20 Å². The Morgan fingerprint density at radius 3 is 3.04 bits per heavy atom. The fourth-order valence-electron chi connectivity index (χ4n) is 2.46. The van der Waals surface area contributed by atoms with Crippen molar-refractivity contribution < 1.29 is 4.79 Å². The lowest BCUT2D eigenvalue weighted by molar-refractivity contribution is 0.0953. The summed E-state index contributed by atoms with van der Waals surface area (Å²) in [6.07, 6.45) is 3.87. The van der Waals surface area contributed by atoms with Gasteiger partial charge in [0.1, 0.15) is 9.88 Å². The Bertz CT molecular complexity index is 1040. The molecule has 126 valence electrons. The number of carbonyl (C=O) groups is 1. The number of halogens is 1. The number of carbonyl (C=O) groups excluding carboxylic acids is 1. The van der Waals surface area contributed by atoms with Crippen molar-refractivity contribution in [3.63, 3.8) is 0 Å². The average Bonchev–Trinajstić information content (AvgIpc) is 3.27. The summed E-state index contributed by atoms with van der Waals surface area (Å²) in [5.41, 5.74) is 2.45. The Morgan fingerprint density at radius 1 is 1.36 bits per heavy atom. The van der Waals surface area contributed by atoms with Gasteiger partial charge in [0, 0.05) is 28.4 Å². The minimum atomic E-state index is -0.139. The third-order valence-electron chi connectivity index (χ3n) is 3.65. The largest absolute Gasteiger partial charge is 0.346 e. The van der Waals surface area contributed by atoms with Crippen LogP contribution in [0.4, 0.5) is 0 Å². The van der Waals surface area contributed by atoms with Crippen LogP contribution in [-0.4, -0.2) is 20.3 Å². The predicted octanol–water partition coefficient (Wildman–Crippen LogP) is 4.41. The molecule has 4 rings (SSSR count). The highest BCUT2D eigenvalue weighted by Gasteiger charge is 2.16. The van der Waals surface area contributed by atoms with Crippen molar-refractivity contribution in [3.05, 3.63) is 63.3 Å². The summed E-state index contributed by atoms with van der Waals surface area (Å²) >= 11 is 8.96. The van der Waals surface area contributed by atoms with Gasteiger partial charge in [-0.2, -0.15) is 0 Å². The number of amides is 1. The van der Waals surface area contributed by atoms with Gasteiger partial charge < -0.3 is 5.32 Å². The normalized spacial score (nSPS) is 11.1. The number of thiazole rings is 2. The van der Waals surface area contributed by atoms with Crippen LogP contribution in [0.5, 0.6) is 0 Å². The number of aryl methyl sites for hydroxylation is 1. The Hall–Kier alpha value is -2.22. The first kappa shape index (κ1) is 16.3. The van der Waals surface area contributed by atoms with Crippen LogP contribution in [0.2, 0.25) is 5.02 Å². The molecule has 0 saturated heterocycles. The van der Waals surface area contributed by atoms with E-state index in [-0.39, 0.29) is 5.91 Å². The van der Waals surface area contributed by atoms with E-state index in [1.54, 1.807) is 11.3 Å². The molecule has 0 aliphatic carbocycles. The summed E-state index contributed by atoms with van der Waals surface area (Å²) in [7, 11) is 0. The first-order valence-electron chi connectivity index (χ1n) is 7.53. The van der Waals surface area contributed by atoms with Crippen molar-refractivity contribution in [1.29, 1.82) is 0 Å². The van der Waals surface area contributed by atoms with Gasteiger partial charge in [-0.25, -0.2) is 9.97 Å². The zero-order chi connectivity index (χ0) is 17.4. The number of hydrogen-bond donors (Lipinski definition) is 1. The molecule has 0 aliphatic heterocycles. The van der Waals surface area contributed by atoms with Gasteiger partial charge in [0.05, 0.1) is 17.9 Å². The molecule has 4 aromatic rings. The maximum absolute atomic E-state index is 12.5. The fourth-order valence-corrected chi connectivity index (χ4v) is 4.35. The van der Waals surface area contributed by atoms with Crippen molar-refractivity contribution in [2.24, 2.45) is 0 Å². The molecule has 1 aromatic carbocycles. The number of aromatic nitrogens is 3. The lowest BCUT2D eigenvalue weighted by atomic mass is 10.2. The molecule has 0 unspecified atom stereocenters. The molecule has 3 aromatic heterocycles. The topological polar surface area (TPSA) is 59.3 Å². The van der Waals surface area contributed by atoms with Crippen LogP contribution in [0.25, 0.3) is 15.5 Å². The Balaban J connectivity index is 1.51. The number of rotatable bonds is 4. The SMILES string of the molecule is Cc1nc(-c2cccc(Cl)c2)sc1C(=O)NCc1cn2ccsc2n1. The first-order chi connectivity index (χ1) is 12.1. The van der Waals surface area contributed by atoms with Gasteiger partial charge in [-0.1, -0.05) is 23.7 Å². The van der Waals surface area contributed by atoms with Crippen LogP contribution in [0.15, 0.2) is 42.0 Å². The summed E-state index contributed by atoms with van der Waals surface area (Å²) in [5.74, 6) is -0.139. The zero-order valence-electron chi connectivity index (χ0n) is 13.2. The highest BCUT2D eigenvalue weighted by molar-refractivity contribution is 7.17. The average molecular weight is 389 g/mol. The molecule has 0 spiro atoms. The Labute approximate surface area is 156 Å². The smallest absolute Gasteiger partial charge is 0.263 e. The number of fused-ring (bicyclic) bond motifs is 1. The second kappa shape index (κ2) is 6.59. The van der Waals surface area contributed by atoms with Gasteiger partial charge in [0.15, 0.2) is 4.96 Å². The van der Waals surface area contributed by atoms with E-state index in [1.807, 2.05) is 53.4 Å². The zero-order valence-corrected chi connectivity index (χ0v) is 15.6. The standard InChI is InChI=1S/C17H13ClN4OS2/c1-10-14(25-16(20-10)11-3-2-4-12(18)7-11)15(23)19-8-13-9-22-5-6-24-17(22)21-13/h2-7,9H,8H2,1H3,(H,19,23). The molecule has 5 nitrogen and oxygen atoms in total. The highest BCUT2D eigenvalue weighted by atomic mass is 35.5. The number of hydrogen-bond acceptors (Lipinski definition) is 5. The summed E-state index contributed by atoms with van der Waals surface area (Å²) in [4.78, 5) is 23.0. The van der Waals surface area contributed by atoms with Crippen LogP contribution in [0.1, 0.15) is 21.1 Å². The second-order valence-corrected chi connectivity index (χ2v) is 7.76. The number of benzene rings is 1. The van der Waals surface area contributed by atoms with Gasteiger partial charge in [0.2, 0.25) is 0 Å². The van der Waals surface area contributed by atoms with Crippen molar-refractivity contribution >= 4 is 45.1 Å². The fraction of sp³-hybridized carbons (Fsp3) is 0.118. The molecule has 0 aliphatic rings. The van der Waals surface area contributed by atoms with E-state index in [0.29, 0.717) is 22.1 Å². The number of nitrogens with one attached hydrogen (secondary N) is 1. The van der Waals surface area contributed by atoms with Crippen LogP contribution in [0, 0.1) is 6.92 Å². The van der Waals surface area contributed by atoms with E-state index < -0.39 is 0 Å². The molecule has 8 heteroatoms. The minimum Gasteiger partial charge on any atom is -0.346 e. The van der Waals surface area contributed by atoms with Crippen LogP contribution in [0.3, 0.4) is 0 Å². The van der Waals surface area contributed by atoms with E-state index in [4.69, 9.17) is 11.6 Å². The van der Waals surface area contributed by atoms with Gasteiger partial charge in [-0.15, -0.1) is 22.7 Å². The van der Waals surface area contributed by atoms with Gasteiger partial charge in [-0.05, 0) is 19.1 Å². The Kier molecular flexibility index (Phi) is 4.29. The van der Waals surface area contributed by atoms with E-state index in [1.165, 1.54) is 11.3 Å². The van der Waals surface area contributed by atoms with E-state index in [2.05, 4.69) is 15.3 Å². The first-order valence-corrected chi connectivity index (χ1v) is 9.60. The highest BCUT2D eigenvalue weighted by Crippen LogP contribution is 2.29. The number of imidazole rings is 1. The number of nitrogens with zero attached hydrogens (tertiary/aromatic N) is 3. The van der Waals surface area contributed by atoms with Crippen molar-refractivity contribution in [3.8, 4) is 10.6 Å². The van der Waals surface area contributed by atoms with Crippen LogP contribution >= 0.6 is 34.3 Å². The van der Waals surface area contributed by atoms with Crippen molar-refractivity contribution in [1.82, 2.24) is 19.7 Å². The molecule has 1 amide bonds. The van der Waals surface area contributed by atoms with E-state index in [0.717, 1.165) is 21.2 Å². The minimum absolute atomic E-state index is 0.139. The lowest BCUT2D eigenvalue weighted by Gasteiger charge is -2.01. The molecule has 0 radical (unpaired) electrons. The molecular weight excluding hydrogens is 376 g/mol. The summed E-state index contributed by atoms with van der Waals surface area (Å²) in [6, 6.07) is 7.47. The van der Waals surface area contributed by atoms with Crippen LogP contribution < -0.4 is 5.32 Å². The summed E-state index contributed by atoms with van der Waals surface area (Å²) in [5, 5.41) is 6.33. The molecular formula is C17H13ClN4OS2. The third-order valence-corrected chi connectivity index (χ3v) is 5.86. The quantitative estimate of drug-likeness (QED) is 0.563. The Morgan fingerprint density at radius 2 is 2.24 bits per heavy atom. The summed E-state index contributed by atoms with van der Waals surface area (Å²) in [6.45, 7) is 2.23. The van der Waals surface area contributed by atoms with E-state index >= 15 is 0 Å². The molecule has 3 heterocycles. The predicted molar refractivity (Wildman–Crippen MR) is 102 cm³/mol. The summed E-state index contributed by atoms with van der Waals surface area (Å²) < 4.78 is 1.95. The molecule has 1 N–H and O–H groups in total. The van der Waals surface area contributed by atoms with Crippen LogP contribution in [-0.2, 0) is 6.54 Å². The molecule has 0 bridgehead atoms. The van der Waals surface area contributed by atoms with Gasteiger partial charge >= 0.3 is 0 Å². The molecule has 0 saturated carbocycles. The van der Waals surface area contributed by atoms with E-state index in [9.17, 15) is 4.79 Å². The molecule has 25 heavy (non-hydrogen) atoms. The maximum atomic E-state index is 12.5. The maximum Gasteiger partial charge on any atom is 0.263 e. The van der Waals surface area contributed by atoms with Gasteiger partial charge in [0.25, 0.3) is 5.91 Å². The third kappa shape index (κ3) is 3.30.